The van der Waals surface area contributed by atoms with Crippen LogP contribution in [-0.2, 0) is 4.79 Å². The average Bonchev–Trinajstić information content (AvgIpc) is 1.92. The molecule has 0 amide bonds. The van der Waals surface area contributed by atoms with Gasteiger partial charge in [0.25, 0.3) is 0 Å². The second-order valence-electron chi connectivity index (χ2n) is 3.58. The standard InChI is InChI=1S/C11H16O2/c1-9(8-11(12)13)4-2-5-10-6-3-7-10/h5,8H,2-4,6-7H2,1H3,(H,12,13)/b9-8-. The summed E-state index contributed by atoms with van der Waals surface area (Å²) in [5, 5.41) is 8.46. The number of aliphatic carboxylic acids is 1. The minimum atomic E-state index is -0.839. The molecule has 0 radical (unpaired) electrons. The number of carbonyl (C=O) groups is 1. The summed E-state index contributed by atoms with van der Waals surface area (Å²) < 4.78 is 0. The van der Waals surface area contributed by atoms with E-state index in [2.05, 4.69) is 6.08 Å². The fraction of sp³-hybridized carbons (Fsp3) is 0.545. The molecule has 13 heavy (non-hydrogen) atoms. The van der Waals surface area contributed by atoms with E-state index in [4.69, 9.17) is 5.11 Å². The lowest BCUT2D eigenvalue weighted by Crippen LogP contribution is -1.96. The van der Waals surface area contributed by atoms with Crippen molar-refractivity contribution < 1.29 is 9.90 Å². The molecule has 2 nitrogen and oxygen atoms in total. The summed E-state index contributed by atoms with van der Waals surface area (Å²) >= 11 is 0. The van der Waals surface area contributed by atoms with Gasteiger partial charge in [-0.1, -0.05) is 17.2 Å². The number of hydrogen-bond acceptors (Lipinski definition) is 1. The quantitative estimate of drug-likeness (QED) is 0.533. The predicted molar refractivity (Wildman–Crippen MR) is 52.6 cm³/mol. The smallest absolute Gasteiger partial charge is 0.328 e. The van der Waals surface area contributed by atoms with Crippen molar-refractivity contribution in [3.63, 3.8) is 0 Å². The van der Waals surface area contributed by atoms with Crippen LogP contribution in [0.4, 0.5) is 0 Å². The van der Waals surface area contributed by atoms with Crippen molar-refractivity contribution in [2.45, 2.75) is 39.0 Å². The van der Waals surface area contributed by atoms with Gasteiger partial charge in [-0.25, -0.2) is 4.79 Å². The Kier molecular flexibility index (Phi) is 3.74. The topological polar surface area (TPSA) is 37.3 Å². The minimum Gasteiger partial charge on any atom is -0.478 e. The van der Waals surface area contributed by atoms with E-state index in [0.717, 1.165) is 18.4 Å². The highest BCUT2D eigenvalue weighted by Crippen LogP contribution is 2.26. The van der Waals surface area contributed by atoms with Crippen molar-refractivity contribution in [2.24, 2.45) is 0 Å². The molecule has 2 heteroatoms. The van der Waals surface area contributed by atoms with Crippen LogP contribution < -0.4 is 0 Å². The maximum absolute atomic E-state index is 10.3. The first-order valence-electron chi connectivity index (χ1n) is 4.76. The van der Waals surface area contributed by atoms with Crippen LogP contribution in [0.3, 0.4) is 0 Å². The van der Waals surface area contributed by atoms with Gasteiger partial charge in [0.2, 0.25) is 0 Å². The molecule has 0 aromatic heterocycles. The van der Waals surface area contributed by atoms with Crippen molar-refractivity contribution in [3.8, 4) is 0 Å². The zero-order valence-electron chi connectivity index (χ0n) is 8.05. The van der Waals surface area contributed by atoms with E-state index in [1.54, 1.807) is 5.57 Å². The highest BCUT2D eigenvalue weighted by atomic mass is 16.4. The molecular formula is C11H16O2. The first-order valence-corrected chi connectivity index (χ1v) is 4.76. The summed E-state index contributed by atoms with van der Waals surface area (Å²) in [5.74, 6) is -0.839. The molecule has 1 saturated carbocycles. The third kappa shape index (κ3) is 3.92. The molecule has 0 spiro atoms. The molecular weight excluding hydrogens is 164 g/mol. The zero-order valence-corrected chi connectivity index (χ0v) is 8.05. The lowest BCUT2D eigenvalue weighted by molar-refractivity contribution is -0.131. The van der Waals surface area contributed by atoms with Crippen molar-refractivity contribution in [2.75, 3.05) is 0 Å². The van der Waals surface area contributed by atoms with Crippen LogP contribution in [0, 0.1) is 0 Å². The number of allylic oxidation sites excluding steroid dienone is 3. The molecule has 0 aromatic rings. The molecule has 1 aliphatic carbocycles. The zero-order chi connectivity index (χ0) is 9.68. The number of rotatable bonds is 4. The Morgan fingerprint density at radius 2 is 2.23 bits per heavy atom. The van der Waals surface area contributed by atoms with Crippen LogP contribution in [0.1, 0.15) is 39.0 Å². The monoisotopic (exact) mass is 180 g/mol. The normalized spacial score (nSPS) is 16.7. The molecule has 0 saturated heterocycles. The fourth-order valence-corrected chi connectivity index (χ4v) is 1.37. The molecule has 1 aliphatic rings. The second kappa shape index (κ2) is 4.85. The van der Waals surface area contributed by atoms with Gasteiger partial charge >= 0.3 is 5.97 Å². The summed E-state index contributed by atoms with van der Waals surface area (Å²) in [6.07, 6.45) is 9.24. The van der Waals surface area contributed by atoms with Gasteiger partial charge in [0, 0.05) is 6.08 Å². The van der Waals surface area contributed by atoms with Crippen molar-refractivity contribution >= 4 is 5.97 Å². The van der Waals surface area contributed by atoms with Gasteiger partial charge in [0.05, 0.1) is 0 Å². The molecule has 0 atom stereocenters. The van der Waals surface area contributed by atoms with Crippen LogP contribution in [0.25, 0.3) is 0 Å². The number of carboxylic acids is 1. The maximum atomic E-state index is 10.3. The molecule has 1 fully saturated rings. The number of hydrogen-bond donors (Lipinski definition) is 1. The van der Waals surface area contributed by atoms with Crippen LogP contribution in [0.15, 0.2) is 23.3 Å². The van der Waals surface area contributed by atoms with Gasteiger partial charge in [0.15, 0.2) is 0 Å². The summed E-state index contributed by atoms with van der Waals surface area (Å²) in [4.78, 5) is 10.3. The van der Waals surface area contributed by atoms with E-state index >= 15 is 0 Å². The van der Waals surface area contributed by atoms with Crippen LogP contribution in [0.5, 0.6) is 0 Å². The van der Waals surface area contributed by atoms with E-state index in [0.29, 0.717) is 0 Å². The van der Waals surface area contributed by atoms with Gasteiger partial charge in [0.1, 0.15) is 0 Å². The Morgan fingerprint density at radius 1 is 1.54 bits per heavy atom. The van der Waals surface area contributed by atoms with Gasteiger partial charge in [-0.3, -0.25) is 0 Å². The van der Waals surface area contributed by atoms with E-state index in [9.17, 15) is 4.79 Å². The van der Waals surface area contributed by atoms with Gasteiger partial charge in [-0.15, -0.1) is 0 Å². The maximum Gasteiger partial charge on any atom is 0.328 e. The molecule has 0 unspecified atom stereocenters. The molecule has 0 bridgehead atoms. The molecule has 1 N–H and O–H groups in total. The Morgan fingerprint density at radius 3 is 2.69 bits per heavy atom. The molecule has 0 aliphatic heterocycles. The summed E-state index contributed by atoms with van der Waals surface area (Å²) in [7, 11) is 0. The van der Waals surface area contributed by atoms with Gasteiger partial charge < -0.3 is 5.11 Å². The van der Waals surface area contributed by atoms with Gasteiger partial charge in [-0.05, 0) is 39.0 Å². The Hall–Kier alpha value is -1.05. The Labute approximate surface area is 79.0 Å². The number of carboxylic acid groups (broad SMARTS) is 1. The van der Waals surface area contributed by atoms with E-state index < -0.39 is 5.97 Å². The highest BCUT2D eigenvalue weighted by molar-refractivity contribution is 5.80. The summed E-state index contributed by atoms with van der Waals surface area (Å²) in [6, 6.07) is 0. The molecule has 1 rings (SSSR count). The predicted octanol–water partition coefficient (Wildman–Crippen LogP) is 2.91. The van der Waals surface area contributed by atoms with Crippen LogP contribution in [0.2, 0.25) is 0 Å². The lowest BCUT2D eigenvalue weighted by Gasteiger charge is -2.15. The fourth-order valence-electron chi connectivity index (χ4n) is 1.37. The molecule has 0 heterocycles. The lowest BCUT2D eigenvalue weighted by atomic mass is 9.91. The highest BCUT2D eigenvalue weighted by Gasteiger charge is 2.06. The largest absolute Gasteiger partial charge is 0.478 e. The third-order valence-electron chi connectivity index (χ3n) is 2.34. The van der Waals surface area contributed by atoms with E-state index in [-0.39, 0.29) is 0 Å². The van der Waals surface area contributed by atoms with Crippen LogP contribution >= 0.6 is 0 Å². The Bertz CT molecular complexity index is 243. The first kappa shape index (κ1) is 10.0. The van der Waals surface area contributed by atoms with E-state index in [1.165, 1.54) is 25.3 Å². The first-order chi connectivity index (χ1) is 6.18. The second-order valence-corrected chi connectivity index (χ2v) is 3.58. The third-order valence-corrected chi connectivity index (χ3v) is 2.34. The SMILES string of the molecule is C/C(=C/C(=O)O)CCC=C1CCC1. The molecule has 0 aromatic carbocycles. The van der Waals surface area contributed by atoms with E-state index in [1.807, 2.05) is 6.92 Å². The average molecular weight is 180 g/mol. The van der Waals surface area contributed by atoms with Crippen LogP contribution in [-0.4, -0.2) is 11.1 Å². The van der Waals surface area contributed by atoms with Crippen molar-refractivity contribution in [1.82, 2.24) is 0 Å². The summed E-state index contributed by atoms with van der Waals surface area (Å²) in [5.41, 5.74) is 2.49. The van der Waals surface area contributed by atoms with Crippen molar-refractivity contribution in [1.29, 1.82) is 0 Å². The Balaban J connectivity index is 2.21. The van der Waals surface area contributed by atoms with Crippen molar-refractivity contribution in [3.05, 3.63) is 23.3 Å². The minimum absolute atomic E-state index is 0.839. The molecule has 72 valence electrons. The summed E-state index contributed by atoms with van der Waals surface area (Å²) in [6.45, 7) is 1.87. The van der Waals surface area contributed by atoms with Gasteiger partial charge in [-0.2, -0.15) is 0 Å².